The van der Waals surface area contributed by atoms with Crippen molar-refractivity contribution in [1.82, 2.24) is 10.2 Å². The van der Waals surface area contributed by atoms with Crippen LogP contribution in [0.2, 0.25) is 5.15 Å². The third-order valence-electron chi connectivity index (χ3n) is 4.07. The third kappa shape index (κ3) is 4.89. The van der Waals surface area contributed by atoms with E-state index in [0.29, 0.717) is 23.4 Å². The van der Waals surface area contributed by atoms with Gasteiger partial charge >= 0.3 is 0 Å². The summed E-state index contributed by atoms with van der Waals surface area (Å²) >= 11 is 6.22. The van der Waals surface area contributed by atoms with Gasteiger partial charge < -0.3 is 16.2 Å². The van der Waals surface area contributed by atoms with Crippen LogP contribution in [0.25, 0.3) is 11.1 Å². The summed E-state index contributed by atoms with van der Waals surface area (Å²) in [6, 6.07) is 18.5. The second kappa shape index (κ2) is 8.73. The molecule has 2 aromatic carbocycles. The van der Waals surface area contributed by atoms with Gasteiger partial charge in [-0.1, -0.05) is 54.1 Å². The number of nitrogens with two attached hydrogens (primary N) is 1. The van der Waals surface area contributed by atoms with Gasteiger partial charge in [-0.05, 0) is 35.7 Å². The van der Waals surface area contributed by atoms with Crippen molar-refractivity contribution < 1.29 is 9.90 Å². The van der Waals surface area contributed by atoms with E-state index in [-0.39, 0.29) is 11.2 Å². The van der Waals surface area contributed by atoms with Gasteiger partial charge in [0.2, 0.25) is 5.91 Å². The van der Waals surface area contributed by atoms with E-state index in [1.54, 1.807) is 12.1 Å². The molecule has 0 fully saturated rings. The van der Waals surface area contributed by atoms with Crippen LogP contribution >= 0.6 is 11.6 Å². The summed E-state index contributed by atoms with van der Waals surface area (Å²) in [5, 5.41) is 19.8. The average molecular weight is 383 g/mol. The van der Waals surface area contributed by atoms with Crippen LogP contribution in [0.4, 0.5) is 5.69 Å². The van der Waals surface area contributed by atoms with Crippen molar-refractivity contribution in [2.75, 3.05) is 11.9 Å². The highest BCUT2D eigenvalue weighted by Gasteiger charge is 2.14. The normalized spacial score (nSPS) is 11.8. The van der Waals surface area contributed by atoms with Gasteiger partial charge in [-0.3, -0.25) is 4.79 Å². The van der Waals surface area contributed by atoms with Crippen LogP contribution < -0.4 is 11.1 Å². The Morgan fingerprint density at radius 3 is 2.48 bits per heavy atom. The lowest BCUT2D eigenvalue weighted by Crippen LogP contribution is -2.16. The monoisotopic (exact) mass is 382 g/mol. The molecule has 3 rings (SSSR count). The SMILES string of the molecule is N[C@@H](Cc1ccccc1)c1cc(-c2ccc(NC(=O)CO)cc2)c(Cl)nn1. The summed E-state index contributed by atoms with van der Waals surface area (Å²) in [5.41, 5.74) is 10.2. The molecule has 3 aromatic rings. The molecule has 0 saturated heterocycles. The van der Waals surface area contributed by atoms with Gasteiger partial charge in [0.1, 0.15) is 6.61 Å². The van der Waals surface area contributed by atoms with Crippen LogP contribution in [0.3, 0.4) is 0 Å². The third-order valence-corrected chi connectivity index (χ3v) is 4.35. The molecule has 6 nitrogen and oxygen atoms in total. The Labute approximate surface area is 162 Å². The molecular formula is C20H19ClN4O2. The minimum atomic E-state index is -0.565. The second-order valence-corrected chi connectivity index (χ2v) is 6.41. The number of aliphatic hydroxyl groups excluding tert-OH is 1. The number of carbonyl (C=O) groups excluding carboxylic acids is 1. The van der Waals surface area contributed by atoms with E-state index in [9.17, 15) is 4.79 Å². The standard InChI is InChI=1S/C20H19ClN4O2/c21-20-16(14-6-8-15(9-7-14)23-19(27)12-26)11-18(24-25-20)17(22)10-13-4-2-1-3-5-13/h1-9,11,17,26H,10,12,22H2,(H,23,27)/t17-/m0/s1. The van der Waals surface area contributed by atoms with Crippen LogP contribution in [0.1, 0.15) is 17.3 Å². The van der Waals surface area contributed by atoms with Gasteiger partial charge in [-0.25, -0.2) is 0 Å². The quantitative estimate of drug-likeness (QED) is 0.608. The lowest BCUT2D eigenvalue weighted by atomic mass is 10.0. The van der Waals surface area contributed by atoms with Gasteiger partial charge in [-0.15, -0.1) is 5.10 Å². The van der Waals surface area contributed by atoms with Crippen molar-refractivity contribution in [2.45, 2.75) is 12.5 Å². The number of nitrogens with zero attached hydrogens (tertiary/aromatic N) is 2. The molecular weight excluding hydrogens is 364 g/mol. The Balaban J connectivity index is 1.81. The van der Waals surface area contributed by atoms with Gasteiger partial charge in [0, 0.05) is 11.3 Å². The summed E-state index contributed by atoms with van der Waals surface area (Å²) < 4.78 is 0. The molecule has 0 radical (unpaired) electrons. The number of nitrogens with one attached hydrogen (secondary N) is 1. The topological polar surface area (TPSA) is 101 Å². The van der Waals surface area contributed by atoms with Crippen LogP contribution in [-0.2, 0) is 11.2 Å². The molecule has 0 aliphatic rings. The number of anilines is 1. The van der Waals surface area contributed by atoms with Gasteiger partial charge in [0.05, 0.1) is 11.7 Å². The lowest BCUT2D eigenvalue weighted by Gasteiger charge is -2.13. The molecule has 4 N–H and O–H groups in total. The molecule has 1 amide bonds. The number of carbonyl (C=O) groups is 1. The van der Waals surface area contributed by atoms with Crippen LogP contribution in [0.15, 0.2) is 60.7 Å². The van der Waals surface area contributed by atoms with E-state index in [1.807, 2.05) is 48.5 Å². The van der Waals surface area contributed by atoms with Crippen LogP contribution in [0.5, 0.6) is 0 Å². The molecule has 0 bridgehead atoms. The van der Waals surface area contributed by atoms with E-state index in [4.69, 9.17) is 22.4 Å². The second-order valence-electron chi connectivity index (χ2n) is 6.05. The summed E-state index contributed by atoms with van der Waals surface area (Å²) in [6.45, 7) is -0.565. The summed E-state index contributed by atoms with van der Waals surface area (Å²) in [7, 11) is 0. The van der Waals surface area contributed by atoms with Crippen molar-refractivity contribution in [3.63, 3.8) is 0 Å². The zero-order valence-electron chi connectivity index (χ0n) is 14.5. The minimum absolute atomic E-state index is 0.276. The van der Waals surface area contributed by atoms with Crippen molar-refractivity contribution in [3.8, 4) is 11.1 Å². The Hall–Kier alpha value is -2.80. The predicted octanol–water partition coefficient (Wildman–Crippen LogP) is 2.97. The maximum absolute atomic E-state index is 11.2. The maximum atomic E-state index is 11.2. The first-order chi connectivity index (χ1) is 13.1. The molecule has 0 aliphatic heterocycles. The van der Waals surface area contributed by atoms with Crippen LogP contribution in [-0.4, -0.2) is 27.8 Å². The van der Waals surface area contributed by atoms with Crippen molar-refractivity contribution in [2.24, 2.45) is 5.73 Å². The highest BCUT2D eigenvalue weighted by atomic mass is 35.5. The van der Waals surface area contributed by atoms with Crippen LogP contribution in [0, 0.1) is 0 Å². The molecule has 0 aliphatic carbocycles. The van der Waals surface area contributed by atoms with Gasteiger partial charge in [0.15, 0.2) is 5.15 Å². The number of aromatic nitrogens is 2. The summed E-state index contributed by atoms with van der Waals surface area (Å²) in [5.74, 6) is -0.472. The van der Waals surface area contributed by atoms with E-state index in [0.717, 1.165) is 11.1 Å². The smallest absolute Gasteiger partial charge is 0.250 e. The Bertz CT molecular complexity index is 917. The number of halogens is 1. The Kier molecular flexibility index (Phi) is 6.13. The fourth-order valence-electron chi connectivity index (χ4n) is 2.68. The van der Waals surface area contributed by atoms with E-state index in [1.165, 1.54) is 0 Å². The first kappa shape index (κ1) is 19.0. The van der Waals surface area contributed by atoms with E-state index >= 15 is 0 Å². The Morgan fingerprint density at radius 2 is 1.81 bits per heavy atom. The fraction of sp³-hybridized carbons (Fsp3) is 0.150. The Morgan fingerprint density at radius 1 is 1.11 bits per heavy atom. The number of amides is 1. The maximum Gasteiger partial charge on any atom is 0.250 e. The van der Waals surface area contributed by atoms with Gasteiger partial charge in [-0.2, -0.15) is 5.10 Å². The largest absolute Gasteiger partial charge is 0.387 e. The summed E-state index contributed by atoms with van der Waals surface area (Å²) in [4.78, 5) is 11.2. The van der Waals surface area contributed by atoms with E-state index < -0.39 is 12.5 Å². The zero-order chi connectivity index (χ0) is 19.2. The summed E-state index contributed by atoms with van der Waals surface area (Å²) in [6.07, 6.45) is 0.642. The molecule has 0 saturated carbocycles. The molecule has 1 aromatic heterocycles. The van der Waals surface area contributed by atoms with Gasteiger partial charge in [0.25, 0.3) is 0 Å². The molecule has 0 spiro atoms. The van der Waals surface area contributed by atoms with Crippen molar-refractivity contribution >= 4 is 23.2 Å². The fourth-order valence-corrected chi connectivity index (χ4v) is 2.88. The first-order valence-corrected chi connectivity index (χ1v) is 8.78. The molecule has 1 atom stereocenters. The molecule has 0 unspecified atom stereocenters. The number of benzene rings is 2. The number of hydrogen-bond acceptors (Lipinski definition) is 5. The van der Waals surface area contributed by atoms with E-state index in [2.05, 4.69) is 15.5 Å². The molecule has 1 heterocycles. The zero-order valence-corrected chi connectivity index (χ0v) is 15.2. The highest BCUT2D eigenvalue weighted by Crippen LogP contribution is 2.29. The number of aliphatic hydroxyl groups is 1. The number of rotatable bonds is 6. The minimum Gasteiger partial charge on any atom is -0.387 e. The predicted molar refractivity (Wildman–Crippen MR) is 105 cm³/mol. The highest BCUT2D eigenvalue weighted by molar-refractivity contribution is 6.32. The van der Waals surface area contributed by atoms with Crippen molar-refractivity contribution in [3.05, 3.63) is 77.1 Å². The lowest BCUT2D eigenvalue weighted by molar-refractivity contribution is -0.118. The van der Waals surface area contributed by atoms with Crippen molar-refractivity contribution in [1.29, 1.82) is 0 Å². The molecule has 27 heavy (non-hydrogen) atoms. The molecule has 138 valence electrons. The number of hydrogen-bond donors (Lipinski definition) is 3. The first-order valence-electron chi connectivity index (χ1n) is 8.40. The average Bonchev–Trinajstić information content (AvgIpc) is 2.69. The molecule has 7 heteroatoms.